The fourth-order valence-electron chi connectivity index (χ4n) is 2.88. The second-order valence-corrected chi connectivity index (χ2v) is 7.21. The predicted octanol–water partition coefficient (Wildman–Crippen LogP) is 3.88. The first-order valence-corrected chi connectivity index (χ1v) is 8.81. The minimum Gasteiger partial charge on any atom is -0.356 e. The monoisotopic (exact) mass is 474 g/mol. The van der Waals surface area contributed by atoms with Gasteiger partial charge >= 0.3 is 6.18 Å². The van der Waals surface area contributed by atoms with Gasteiger partial charge in [0.1, 0.15) is 5.01 Å². The van der Waals surface area contributed by atoms with Crippen LogP contribution in [0.1, 0.15) is 36.4 Å². The molecule has 2 fully saturated rings. The van der Waals surface area contributed by atoms with Crippen LogP contribution in [0, 0.1) is 17.8 Å². The topological polar surface area (TPSA) is 49.3 Å². The number of hydrogen-bond donors (Lipinski definition) is 2. The van der Waals surface area contributed by atoms with Crippen LogP contribution in [0.15, 0.2) is 10.4 Å². The van der Waals surface area contributed by atoms with Crippen LogP contribution in [0.4, 0.5) is 13.2 Å². The van der Waals surface area contributed by atoms with Gasteiger partial charge < -0.3 is 10.6 Å². The van der Waals surface area contributed by atoms with E-state index in [9.17, 15) is 13.2 Å². The minimum atomic E-state index is -4.38. The molecule has 2 saturated carbocycles. The lowest BCUT2D eigenvalue weighted by molar-refractivity contribution is -0.140. The van der Waals surface area contributed by atoms with Crippen molar-refractivity contribution in [1.82, 2.24) is 15.6 Å². The maximum Gasteiger partial charge on any atom is 0.434 e. The Bertz CT molecular complexity index is 555. The number of aliphatic imine (C=N–C) groups is 1. The Morgan fingerprint density at radius 1 is 1.29 bits per heavy atom. The largest absolute Gasteiger partial charge is 0.434 e. The van der Waals surface area contributed by atoms with Gasteiger partial charge in [-0.25, -0.2) is 4.98 Å². The molecule has 0 unspecified atom stereocenters. The van der Waals surface area contributed by atoms with Crippen LogP contribution >= 0.6 is 35.3 Å². The van der Waals surface area contributed by atoms with Crippen molar-refractivity contribution in [2.45, 2.75) is 38.4 Å². The van der Waals surface area contributed by atoms with Gasteiger partial charge in [0.15, 0.2) is 11.7 Å². The van der Waals surface area contributed by atoms with Gasteiger partial charge in [0, 0.05) is 19.0 Å². The van der Waals surface area contributed by atoms with Gasteiger partial charge in [0.25, 0.3) is 0 Å². The summed E-state index contributed by atoms with van der Waals surface area (Å²) in [4.78, 5) is 7.75. The fraction of sp³-hybridized carbons (Fsp3) is 0.733. The summed E-state index contributed by atoms with van der Waals surface area (Å²) in [5.41, 5.74) is -0.829. The molecule has 1 aromatic heterocycles. The zero-order valence-corrected chi connectivity index (χ0v) is 16.5. The fourth-order valence-corrected chi connectivity index (χ4v) is 3.62. The minimum absolute atomic E-state index is 0. The van der Waals surface area contributed by atoms with Crippen molar-refractivity contribution >= 4 is 41.3 Å². The molecule has 0 atom stereocenters. The van der Waals surface area contributed by atoms with Gasteiger partial charge in [-0.2, -0.15) is 13.2 Å². The highest BCUT2D eigenvalue weighted by Gasteiger charge is 2.41. The van der Waals surface area contributed by atoms with Crippen molar-refractivity contribution in [1.29, 1.82) is 0 Å². The SMILES string of the molecule is CN=C(NCc1nc(C(F)(F)F)cs1)NCC(C1CC1)C1CC1.I. The number of aromatic nitrogens is 1. The molecule has 4 nitrogen and oxygen atoms in total. The quantitative estimate of drug-likeness (QED) is 0.374. The molecule has 0 aliphatic heterocycles. The summed E-state index contributed by atoms with van der Waals surface area (Å²) in [5.74, 6) is 3.04. The van der Waals surface area contributed by atoms with Crippen molar-refractivity contribution in [2.24, 2.45) is 22.7 Å². The smallest absolute Gasteiger partial charge is 0.356 e. The molecule has 0 amide bonds. The Morgan fingerprint density at radius 3 is 2.38 bits per heavy atom. The third-order valence-electron chi connectivity index (χ3n) is 4.43. The Balaban J connectivity index is 0.00000208. The van der Waals surface area contributed by atoms with E-state index in [1.165, 1.54) is 25.7 Å². The zero-order chi connectivity index (χ0) is 16.4. The third-order valence-corrected chi connectivity index (χ3v) is 5.28. The highest BCUT2D eigenvalue weighted by Crippen LogP contribution is 2.48. The molecule has 1 aromatic rings. The van der Waals surface area contributed by atoms with Crippen LogP contribution in [0.3, 0.4) is 0 Å². The van der Waals surface area contributed by atoms with Crippen LogP contribution in [0.2, 0.25) is 0 Å². The number of nitrogens with zero attached hydrogens (tertiary/aromatic N) is 2. The molecule has 9 heteroatoms. The summed E-state index contributed by atoms with van der Waals surface area (Å²) in [7, 11) is 1.67. The van der Waals surface area contributed by atoms with E-state index in [4.69, 9.17) is 0 Å². The second-order valence-electron chi connectivity index (χ2n) is 6.27. The number of alkyl halides is 3. The maximum absolute atomic E-state index is 12.5. The molecule has 0 saturated heterocycles. The van der Waals surface area contributed by atoms with Crippen LogP contribution < -0.4 is 10.6 Å². The Kier molecular flexibility index (Phi) is 6.74. The first-order valence-electron chi connectivity index (χ1n) is 7.93. The molecule has 2 N–H and O–H groups in total. The molecule has 0 radical (unpaired) electrons. The first-order chi connectivity index (χ1) is 11.0. The summed E-state index contributed by atoms with van der Waals surface area (Å²) >= 11 is 1.01. The number of halogens is 4. The molecule has 0 bridgehead atoms. The lowest BCUT2D eigenvalue weighted by Gasteiger charge is -2.18. The average Bonchev–Trinajstić information content (AvgIpc) is 3.42. The predicted molar refractivity (Wildman–Crippen MR) is 99.7 cm³/mol. The van der Waals surface area contributed by atoms with Gasteiger partial charge in [-0.05, 0) is 43.4 Å². The number of thiazole rings is 1. The Labute approximate surface area is 160 Å². The molecule has 0 spiro atoms. The summed E-state index contributed by atoms with van der Waals surface area (Å²) < 4.78 is 37.6. The van der Waals surface area contributed by atoms with Gasteiger partial charge in [0.05, 0.1) is 6.54 Å². The highest BCUT2D eigenvalue weighted by atomic mass is 127. The van der Waals surface area contributed by atoms with E-state index in [-0.39, 0.29) is 30.5 Å². The van der Waals surface area contributed by atoms with Crippen molar-refractivity contribution < 1.29 is 13.2 Å². The van der Waals surface area contributed by atoms with E-state index in [1.54, 1.807) is 7.05 Å². The van der Waals surface area contributed by atoms with Crippen LogP contribution in [0.5, 0.6) is 0 Å². The lowest BCUT2D eigenvalue weighted by Crippen LogP contribution is -2.40. The summed E-state index contributed by atoms with van der Waals surface area (Å²) in [6, 6.07) is 0. The zero-order valence-electron chi connectivity index (χ0n) is 13.4. The van der Waals surface area contributed by atoms with E-state index < -0.39 is 11.9 Å². The van der Waals surface area contributed by atoms with Gasteiger partial charge in [0.2, 0.25) is 0 Å². The molecule has 2 aliphatic rings. The van der Waals surface area contributed by atoms with Gasteiger partial charge in [-0.3, -0.25) is 4.99 Å². The Morgan fingerprint density at radius 2 is 1.92 bits per heavy atom. The van der Waals surface area contributed by atoms with Crippen LogP contribution in [-0.4, -0.2) is 24.5 Å². The standard InChI is InChI=1S/C15H21F3N4S.HI/c1-19-14(20-6-11(9-2-3-9)10-4-5-10)21-7-13-22-12(8-23-13)15(16,17)18;/h8-11H,2-7H2,1H3,(H2,19,20,21);1H. The molecule has 3 rings (SSSR count). The van der Waals surface area contributed by atoms with Crippen molar-refractivity contribution in [3.8, 4) is 0 Å². The van der Waals surface area contributed by atoms with Gasteiger partial charge in [-0.15, -0.1) is 35.3 Å². The first kappa shape index (κ1) is 19.7. The second kappa shape index (κ2) is 8.20. The summed E-state index contributed by atoms with van der Waals surface area (Å²) in [6.45, 7) is 1.14. The molecule has 136 valence electrons. The maximum atomic E-state index is 12.5. The molecule has 2 aliphatic carbocycles. The van der Waals surface area contributed by atoms with E-state index in [0.29, 0.717) is 16.9 Å². The summed E-state index contributed by atoms with van der Waals surface area (Å²) in [6.07, 6.45) is 0.932. The molecular weight excluding hydrogens is 452 g/mol. The number of nitrogens with one attached hydrogen (secondary N) is 2. The molecule has 1 heterocycles. The number of guanidine groups is 1. The Hall–Kier alpha value is -0.580. The van der Waals surface area contributed by atoms with E-state index in [0.717, 1.165) is 35.1 Å². The van der Waals surface area contributed by atoms with Crippen molar-refractivity contribution in [3.63, 3.8) is 0 Å². The molecule has 0 aromatic carbocycles. The number of rotatable bonds is 6. The molecular formula is C15H22F3IN4S. The van der Waals surface area contributed by atoms with Crippen LogP contribution in [0.25, 0.3) is 0 Å². The average molecular weight is 474 g/mol. The van der Waals surface area contributed by atoms with Crippen molar-refractivity contribution in [2.75, 3.05) is 13.6 Å². The van der Waals surface area contributed by atoms with E-state index >= 15 is 0 Å². The summed E-state index contributed by atoms with van der Waals surface area (Å²) in [5, 5.41) is 7.81. The third kappa shape index (κ3) is 5.47. The normalized spacial score (nSPS) is 18.5. The van der Waals surface area contributed by atoms with Gasteiger partial charge in [-0.1, -0.05) is 0 Å². The highest BCUT2D eigenvalue weighted by molar-refractivity contribution is 14.0. The number of hydrogen-bond acceptors (Lipinski definition) is 3. The lowest BCUT2D eigenvalue weighted by atomic mass is 9.98. The van der Waals surface area contributed by atoms with Crippen molar-refractivity contribution in [3.05, 3.63) is 16.1 Å². The van der Waals surface area contributed by atoms with E-state index in [1.807, 2.05) is 0 Å². The van der Waals surface area contributed by atoms with Crippen LogP contribution in [-0.2, 0) is 12.7 Å². The molecule has 24 heavy (non-hydrogen) atoms. The van der Waals surface area contributed by atoms with E-state index in [2.05, 4.69) is 20.6 Å².